The van der Waals surface area contributed by atoms with E-state index in [4.69, 9.17) is 0 Å². The minimum atomic E-state index is -0.355. The predicted octanol–water partition coefficient (Wildman–Crippen LogP) is 3.74. The largest absolute Gasteiger partial charge is 0.335 e. The summed E-state index contributed by atoms with van der Waals surface area (Å²) >= 11 is 0. The van der Waals surface area contributed by atoms with Crippen molar-refractivity contribution in [2.24, 2.45) is 5.92 Å². The molecule has 2 fully saturated rings. The zero-order valence-corrected chi connectivity index (χ0v) is 15.1. The van der Waals surface area contributed by atoms with Crippen molar-refractivity contribution >= 4 is 5.91 Å². The van der Waals surface area contributed by atoms with Crippen molar-refractivity contribution < 1.29 is 9.18 Å². The van der Waals surface area contributed by atoms with E-state index in [1.165, 1.54) is 23.3 Å². The lowest BCUT2D eigenvalue weighted by molar-refractivity contribution is 0.0713. The highest BCUT2D eigenvalue weighted by atomic mass is 19.1. The topological polar surface area (TPSA) is 32.3 Å². The highest BCUT2D eigenvalue weighted by Gasteiger charge is 2.38. The van der Waals surface area contributed by atoms with E-state index in [-0.39, 0.29) is 11.7 Å². The quantitative estimate of drug-likeness (QED) is 0.889. The SMILES string of the molecule is Cc1ccccc1C1CNCC1CN(C(=O)c1cccc(F)c1)C1CC1. The number of nitrogens with one attached hydrogen (secondary N) is 1. The smallest absolute Gasteiger partial charge is 0.254 e. The summed E-state index contributed by atoms with van der Waals surface area (Å²) in [5, 5.41) is 3.50. The van der Waals surface area contributed by atoms with Crippen LogP contribution in [-0.4, -0.2) is 36.5 Å². The Morgan fingerprint density at radius 1 is 1.15 bits per heavy atom. The number of hydrogen-bond acceptors (Lipinski definition) is 2. The summed E-state index contributed by atoms with van der Waals surface area (Å²) in [5.41, 5.74) is 3.13. The summed E-state index contributed by atoms with van der Waals surface area (Å²) in [5.74, 6) is 0.404. The van der Waals surface area contributed by atoms with Gasteiger partial charge in [0, 0.05) is 37.2 Å². The molecule has 3 nitrogen and oxygen atoms in total. The molecule has 2 aliphatic rings. The number of benzene rings is 2. The summed E-state index contributed by atoms with van der Waals surface area (Å²) in [7, 11) is 0. The molecule has 0 bridgehead atoms. The molecule has 0 aromatic heterocycles. The van der Waals surface area contributed by atoms with E-state index in [9.17, 15) is 9.18 Å². The lowest BCUT2D eigenvalue weighted by atomic mass is 9.86. The van der Waals surface area contributed by atoms with E-state index in [2.05, 4.69) is 36.5 Å². The first-order valence-corrected chi connectivity index (χ1v) is 9.46. The number of carbonyl (C=O) groups is 1. The molecule has 26 heavy (non-hydrogen) atoms. The molecule has 4 rings (SSSR count). The van der Waals surface area contributed by atoms with E-state index < -0.39 is 0 Å². The van der Waals surface area contributed by atoms with Gasteiger partial charge in [0.15, 0.2) is 0 Å². The van der Waals surface area contributed by atoms with Gasteiger partial charge in [-0.25, -0.2) is 4.39 Å². The zero-order chi connectivity index (χ0) is 18.1. The van der Waals surface area contributed by atoms with Crippen LogP contribution in [0.4, 0.5) is 4.39 Å². The van der Waals surface area contributed by atoms with Crippen LogP contribution in [0.2, 0.25) is 0 Å². The molecular weight excluding hydrogens is 327 g/mol. The molecule has 1 N–H and O–H groups in total. The van der Waals surface area contributed by atoms with Gasteiger partial charge >= 0.3 is 0 Å². The minimum Gasteiger partial charge on any atom is -0.335 e. The molecule has 0 spiro atoms. The first-order valence-electron chi connectivity index (χ1n) is 9.46. The Morgan fingerprint density at radius 2 is 1.96 bits per heavy atom. The highest BCUT2D eigenvalue weighted by Crippen LogP contribution is 2.35. The van der Waals surface area contributed by atoms with Crippen LogP contribution in [0.15, 0.2) is 48.5 Å². The van der Waals surface area contributed by atoms with Crippen molar-refractivity contribution in [3.8, 4) is 0 Å². The molecular formula is C22H25FN2O. The maximum Gasteiger partial charge on any atom is 0.254 e. The van der Waals surface area contributed by atoms with Crippen molar-refractivity contribution in [1.82, 2.24) is 10.2 Å². The number of aryl methyl sites for hydroxylation is 1. The van der Waals surface area contributed by atoms with Gasteiger partial charge in [-0.05, 0) is 55.0 Å². The second kappa shape index (κ2) is 7.20. The Kier molecular flexibility index (Phi) is 4.77. The van der Waals surface area contributed by atoms with Crippen LogP contribution in [0.5, 0.6) is 0 Å². The van der Waals surface area contributed by atoms with Crippen molar-refractivity contribution in [2.75, 3.05) is 19.6 Å². The molecule has 1 aliphatic heterocycles. The highest BCUT2D eigenvalue weighted by molar-refractivity contribution is 5.94. The lowest BCUT2D eigenvalue weighted by Crippen LogP contribution is -2.39. The molecule has 136 valence electrons. The first-order chi connectivity index (χ1) is 12.6. The summed E-state index contributed by atoms with van der Waals surface area (Å²) in [6.45, 7) is 4.74. The third kappa shape index (κ3) is 3.51. The van der Waals surface area contributed by atoms with Gasteiger partial charge in [-0.1, -0.05) is 30.3 Å². The average Bonchev–Trinajstić information content (AvgIpc) is 3.38. The molecule has 1 saturated heterocycles. The van der Waals surface area contributed by atoms with Crippen LogP contribution in [0.1, 0.15) is 40.2 Å². The van der Waals surface area contributed by atoms with Gasteiger partial charge in [0.1, 0.15) is 5.82 Å². The standard InChI is InChI=1S/C22H25FN2O/c1-15-5-2-3-8-20(15)21-13-24-12-17(21)14-25(19-9-10-19)22(26)16-6-4-7-18(23)11-16/h2-8,11,17,19,21,24H,9-10,12-14H2,1H3. The predicted molar refractivity (Wildman–Crippen MR) is 101 cm³/mol. The number of rotatable bonds is 5. The monoisotopic (exact) mass is 352 g/mol. The van der Waals surface area contributed by atoms with Gasteiger partial charge in [-0.2, -0.15) is 0 Å². The van der Waals surface area contributed by atoms with Gasteiger partial charge in [0.2, 0.25) is 0 Å². The Morgan fingerprint density at radius 3 is 2.69 bits per heavy atom. The second-order valence-electron chi connectivity index (χ2n) is 7.58. The van der Waals surface area contributed by atoms with E-state index in [0.29, 0.717) is 23.4 Å². The van der Waals surface area contributed by atoms with Gasteiger partial charge in [0.25, 0.3) is 5.91 Å². The average molecular weight is 352 g/mol. The Hall–Kier alpha value is -2.20. The molecule has 1 heterocycles. The van der Waals surface area contributed by atoms with Crippen molar-refractivity contribution in [3.63, 3.8) is 0 Å². The zero-order valence-electron chi connectivity index (χ0n) is 15.1. The molecule has 1 saturated carbocycles. The molecule has 2 atom stereocenters. The number of hydrogen-bond donors (Lipinski definition) is 1. The molecule has 1 aliphatic carbocycles. The summed E-state index contributed by atoms with van der Waals surface area (Å²) < 4.78 is 13.6. The Labute approximate surface area is 154 Å². The third-order valence-corrected chi connectivity index (χ3v) is 5.68. The van der Waals surface area contributed by atoms with Crippen LogP contribution in [0, 0.1) is 18.7 Å². The summed E-state index contributed by atoms with van der Waals surface area (Å²) in [6, 6.07) is 14.9. The van der Waals surface area contributed by atoms with Crippen molar-refractivity contribution in [1.29, 1.82) is 0 Å². The van der Waals surface area contributed by atoms with Crippen LogP contribution >= 0.6 is 0 Å². The van der Waals surface area contributed by atoms with Crippen molar-refractivity contribution in [3.05, 3.63) is 71.0 Å². The molecule has 4 heteroatoms. The molecule has 2 aromatic rings. The first kappa shape index (κ1) is 17.2. The molecule has 1 amide bonds. The van der Waals surface area contributed by atoms with Gasteiger partial charge < -0.3 is 10.2 Å². The lowest BCUT2D eigenvalue weighted by Gasteiger charge is -2.29. The van der Waals surface area contributed by atoms with Crippen LogP contribution < -0.4 is 5.32 Å². The number of amides is 1. The Bertz CT molecular complexity index is 802. The van der Waals surface area contributed by atoms with Gasteiger partial charge in [-0.3, -0.25) is 4.79 Å². The van der Waals surface area contributed by atoms with E-state index in [1.54, 1.807) is 12.1 Å². The van der Waals surface area contributed by atoms with Crippen LogP contribution in [-0.2, 0) is 0 Å². The third-order valence-electron chi connectivity index (χ3n) is 5.68. The summed E-state index contributed by atoms with van der Waals surface area (Å²) in [6.07, 6.45) is 2.10. The van der Waals surface area contributed by atoms with E-state index in [0.717, 1.165) is 32.5 Å². The molecule has 2 unspecified atom stereocenters. The number of carbonyl (C=O) groups excluding carboxylic acids is 1. The maximum atomic E-state index is 13.6. The molecule has 0 radical (unpaired) electrons. The minimum absolute atomic E-state index is 0.0394. The number of nitrogens with zero attached hydrogens (tertiary/aromatic N) is 1. The second-order valence-corrected chi connectivity index (χ2v) is 7.58. The summed E-state index contributed by atoms with van der Waals surface area (Å²) in [4.78, 5) is 15.0. The van der Waals surface area contributed by atoms with E-state index in [1.807, 2.05) is 4.90 Å². The normalized spacial score (nSPS) is 22.4. The van der Waals surface area contributed by atoms with Gasteiger partial charge in [0.05, 0.1) is 0 Å². The maximum absolute atomic E-state index is 13.6. The van der Waals surface area contributed by atoms with E-state index >= 15 is 0 Å². The van der Waals surface area contributed by atoms with Crippen LogP contribution in [0.25, 0.3) is 0 Å². The van der Waals surface area contributed by atoms with Crippen molar-refractivity contribution in [2.45, 2.75) is 31.7 Å². The molecule has 2 aromatic carbocycles. The number of halogens is 1. The fourth-order valence-electron chi connectivity index (χ4n) is 4.12. The van der Waals surface area contributed by atoms with Gasteiger partial charge in [-0.15, -0.1) is 0 Å². The fraction of sp³-hybridized carbons (Fsp3) is 0.409. The fourth-order valence-corrected chi connectivity index (χ4v) is 4.12. The van der Waals surface area contributed by atoms with Crippen LogP contribution in [0.3, 0.4) is 0 Å². The Balaban J connectivity index is 1.55.